The van der Waals surface area contributed by atoms with Crippen LogP contribution in [0.4, 0.5) is 17.3 Å². The van der Waals surface area contributed by atoms with Crippen LogP contribution >= 0.6 is 0 Å². The fraction of sp³-hybridized carbons (Fsp3) is 0.100. The van der Waals surface area contributed by atoms with E-state index in [9.17, 15) is 4.79 Å². The Morgan fingerprint density at radius 3 is 2.30 bits per heavy atom. The van der Waals surface area contributed by atoms with Crippen LogP contribution in [-0.2, 0) is 4.79 Å². The molecule has 3 rings (SSSR count). The van der Waals surface area contributed by atoms with E-state index in [0.717, 1.165) is 11.3 Å². The van der Waals surface area contributed by atoms with Gasteiger partial charge in [-0.2, -0.15) is 5.26 Å². The van der Waals surface area contributed by atoms with E-state index < -0.39 is 0 Å². The molecule has 7 heteroatoms. The van der Waals surface area contributed by atoms with Gasteiger partial charge in [0, 0.05) is 5.69 Å². The van der Waals surface area contributed by atoms with Gasteiger partial charge in [-0.25, -0.2) is 0 Å². The Balaban J connectivity index is 1.51. The minimum absolute atomic E-state index is 0.115. The topological polar surface area (TPSA) is 99.9 Å². The van der Waals surface area contributed by atoms with Crippen LogP contribution in [0.3, 0.4) is 0 Å². The highest BCUT2D eigenvalue weighted by Crippen LogP contribution is 2.15. The summed E-state index contributed by atoms with van der Waals surface area (Å²) in [4.78, 5) is 11.9. The Kier molecular flexibility index (Phi) is 5.60. The number of rotatable bonds is 6. The van der Waals surface area contributed by atoms with Crippen LogP contribution in [-0.4, -0.2) is 22.7 Å². The molecule has 0 aliphatic rings. The lowest BCUT2D eigenvalue weighted by Gasteiger charge is -2.08. The quantitative estimate of drug-likeness (QED) is 0.699. The minimum atomic E-state index is -0.322. The van der Waals surface area contributed by atoms with Crippen LogP contribution in [0.15, 0.2) is 60.7 Å². The number of hydrogen-bond acceptors (Lipinski definition) is 6. The molecule has 7 nitrogen and oxygen atoms in total. The van der Waals surface area contributed by atoms with Crippen LogP contribution in [0.5, 0.6) is 5.75 Å². The average molecular weight is 359 g/mol. The third-order valence-electron chi connectivity index (χ3n) is 3.61. The lowest BCUT2D eigenvalue weighted by atomic mass is 10.2. The maximum atomic E-state index is 11.9. The summed E-state index contributed by atoms with van der Waals surface area (Å²) in [6, 6.07) is 19.8. The first-order chi connectivity index (χ1) is 13.1. The fourth-order valence-corrected chi connectivity index (χ4v) is 2.20. The van der Waals surface area contributed by atoms with Gasteiger partial charge in [0.05, 0.1) is 11.6 Å². The summed E-state index contributed by atoms with van der Waals surface area (Å²) < 4.78 is 5.42. The molecule has 0 fully saturated rings. The molecule has 2 aromatic carbocycles. The lowest BCUT2D eigenvalue weighted by molar-refractivity contribution is -0.118. The first kappa shape index (κ1) is 17.9. The molecular formula is C20H17N5O2. The number of amides is 1. The number of aromatic nitrogens is 2. The van der Waals surface area contributed by atoms with Crippen molar-refractivity contribution >= 4 is 23.2 Å². The summed E-state index contributed by atoms with van der Waals surface area (Å²) in [5, 5.41) is 22.5. The molecule has 0 saturated heterocycles. The van der Waals surface area contributed by atoms with Crippen LogP contribution in [0.25, 0.3) is 0 Å². The van der Waals surface area contributed by atoms with E-state index in [1.54, 1.807) is 36.4 Å². The van der Waals surface area contributed by atoms with E-state index in [4.69, 9.17) is 10.00 Å². The highest BCUT2D eigenvalue weighted by Gasteiger charge is 2.06. The first-order valence-corrected chi connectivity index (χ1v) is 8.22. The van der Waals surface area contributed by atoms with Crippen molar-refractivity contribution in [3.05, 3.63) is 71.8 Å². The Hall–Kier alpha value is -3.92. The molecule has 0 aliphatic carbocycles. The van der Waals surface area contributed by atoms with E-state index >= 15 is 0 Å². The minimum Gasteiger partial charge on any atom is -0.484 e. The second kappa shape index (κ2) is 8.45. The van der Waals surface area contributed by atoms with E-state index in [1.807, 2.05) is 31.2 Å². The second-order valence-corrected chi connectivity index (χ2v) is 5.77. The van der Waals surface area contributed by atoms with Crippen LogP contribution in [0, 0.1) is 18.3 Å². The van der Waals surface area contributed by atoms with Crippen molar-refractivity contribution in [2.24, 2.45) is 0 Å². The molecule has 2 N–H and O–H groups in total. The molecule has 1 heterocycles. The summed E-state index contributed by atoms with van der Waals surface area (Å²) in [6.07, 6.45) is 0. The standard InChI is InChI=1S/C20H17N5O2/c1-14-2-8-17(9-3-14)27-13-20(26)23-19-11-10-18(24-25-19)22-16-6-4-15(12-21)5-7-16/h2-11H,13H2,1H3,(H,22,24)(H,23,25,26). The molecule has 1 amide bonds. The number of nitriles is 1. The second-order valence-electron chi connectivity index (χ2n) is 5.77. The van der Waals surface area contributed by atoms with E-state index in [0.29, 0.717) is 22.9 Å². The number of nitrogens with zero attached hydrogens (tertiary/aromatic N) is 3. The predicted molar refractivity (Wildman–Crippen MR) is 102 cm³/mol. The molecule has 0 saturated carbocycles. The van der Waals surface area contributed by atoms with E-state index in [1.165, 1.54) is 0 Å². The van der Waals surface area contributed by atoms with E-state index in [-0.39, 0.29) is 12.5 Å². The number of aryl methyl sites for hydroxylation is 1. The largest absolute Gasteiger partial charge is 0.484 e. The molecule has 0 spiro atoms. The highest BCUT2D eigenvalue weighted by atomic mass is 16.5. The number of carbonyl (C=O) groups excluding carboxylic acids is 1. The smallest absolute Gasteiger partial charge is 0.263 e. The van der Waals surface area contributed by atoms with Gasteiger partial charge in [0.2, 0.25) is 0 Å². The van der Waals surface area contributed by atoms with Crippen molar-refractivity contribution in [2.75, 3.05) is 17.2 Å². The van der Waals surface area contributed by atoms with Gasteiger partial charge in [0.25, 0.3) is 5.91 Å². The van der Waals surface area contributed by atoms with Gasteiger partial charge >= 0.3 is 0 Å². The maximum absolute atomic E-state index is 11.9. The number of carbonyl (C=O) groups is 1. The van der Waals surface area contributed by atoms with Crippen LogP contribution in [0.2, 0.25) is 0 Å². The van der Waals surface area contributed by atoms with Gasteiger partial charge in [-0.1, -0.05) is 17.7 Å². The van der Waals surface area contributed by atoms with Gasteiger partial charge in [0.1, 0.15) is 5.75 Å². The summed E-state index contributed by atoms with van der Waals surface area (Å²) in [5.41, 5.74) is 2.49. The predicted octanol–water partition coefficient (Wildman–Crippen LogP) is 3.42. The molecule has 0 radical (unpaired) electrons. The zero-order chi connectivity index (χ0) is 19.1. The highest BCUT2D eigenvalue weighted by molar-refractivity contribution is 5.90. The van der Waals surface area contributed by atoms with Crippen molar-refractivity contribution in [1.29, 1.82) is 5.26 Å². The lowest BCUT2D eigenvalue weighted by Crippen LogP contribution is -2.21. The summed E-state index contributed by atoms with van der Waals surface area (Å²) >= 11 is 0. The summed E-state index contributed by atoms with van der Waals surface area (Å²) in [6.45, 7) is 1.87. The molecule has 134 valence electrons. The third-order valence-corrected chi connectivity index (χ3v) is 3.61. The average Bonchev–Trinajstić information content (AvgIpc) is 2.70. The van der Waals surface area contributed by atoms with Gasteiger partial charge in [-0.3, -0.25) is 4.79 Å². The maximum Gasteiger partial charge on any atom is 0.263 e. The van der Waals surface area contributed by atoms with Crippen LogP contribution in [0.1, 0.15) is 11.1 Å². The zero-order valence-corrected chi connectivity index (χ0v) is 14.6. The number of anilines is 3. The van der Waals surface area contributed by atoms with Crippen LogP contribution < -0.4 is 15.4 Å². The van der Waals surface area contributed by atoms with Crippen molar-refractivity contribution in [3.8, 4) is 11.8 Å². The number of benzene rings is 2. The third kappa shape index (κ3) is 5.28. The Labute approximate surface area is 156 Å². The summed E-state index contributed by atoms with van der Waals surface area (Å²) in [7, 11) is 0. The SMILES string of the molecule is Cc1ccc(OCC(=O)Nc2ccc(Nc3ccc(C#N)cc3)nn2)cc1. The van der Waals surface area contributed by atoms with Crippen molar-refractivity contribution in [3.63, 3.8) is 0 Å². The Morgan fingerprint density at radius 1 is 1.00 bits per heavy atom. The number of hydrogen-bond donors (Lipinski definition) is 2. The van der Waals surface area contributed by atoms with Crippen molar-refractivity contribution in [2.45, 2.75) is 6.92 Å². The molecule has 27 heavy (non-hydrogen) atoms. The molecule has 0 unspecified atom stereocenters. The monoisotopic (exact) mass is 359 g/mol. The first-order valence-electron chi connectivity index (χ1n) is 8.22. The number of ether oxygens (including phenoxy) is 1. The van der Waals surface area contributed by atoms with Gasteiger partial charge in [-0.05, 0) is 55.5 Å². The normalized spacial score (nSPS) is 9.93. The Morgan fingerprint density at radius 2 is 1.67 bits per heavy atom. The zero-order valence-electron chi connectivity index (χ0n) is 14.6. The molecule has 3 aromatic rings. The fourth-order valence-electron chi connectivity index (χ4n) is 2.20. The molecule has 0 aliphatic heterocycles. The molecule has 1 aromatic heterocycles. The van der Waals surface area contributed by atoms with Gasteiger partial charge in [-0.15, -0.1) is 10.2 Å². The van der Waals surface area contributed by atoms with Crippen molar-refractivity contribution < 1.29 is 9.53 Å². The molecule has 0 atom stereocenters. The van der Waals surface area contributed by atoms with Gasteiger partial charge in [0.15, 0.2) is 18.2 Å². The molecular weight excluding hydrogens is 342 g/mol. The molecule has 0 bridgehead atoms. The van der Waals surface area contributed by atoms with Crippen molar-refractivity contribution in [1.82, 2.24) is 10.2 Å². The van der Waals surface area contributed by atoms with E-state index in [2.05, 4.69) is 26.9 Å². The Bertz CT molecular complexity index is 946. The summed E-state index contributed by atoms with van der Waals surface area (Å²) in [5.74, 6) is 1.16. The number of nitrogens with one attached hydrogen (secondary N) is 2. The van der Waals surface area contributed by atoms with Gasteiger partial charge < -0.3 is 15.4 Å².